The van der Waals surface area contributed by atoms with Crippen LogP contribution < -0.4 is 9.47 Å². The third-order valence-corrected chi connectivity index (χ3v) is 3.67. The summed E-state index contributed by atoms with van der Waals surface area (Å²) in [6.07, 6.45) is 0. The van der Waals surface area contributed by atoms with Crippen molar-refractivity contribution in [2.75, 3.05) is 14.2 Å². The highest BCUT2D eigenvalue weighted by atomic mass is 32.2. The molecule has 0 bridgehead atoms. The van der Waals surface area contributed by atoms with Gasteiger partial charge >= 0.3 is 0 Å². The van der Waals surface area contributed by atoms with E-state index in [0.29, 0.717) is 0 Å². The first kappa shape index (κ1) is 12.8. The molecule has 2 rings (SSSR count). The minimum Gasteiger partial charge on any atom is -0.493 e. The molecule has 2 aromatic carbocycles. The predicted molar refractivity (Wildman–Crippen MR) is 75.5 cm³/mol. The second-order valence-corrected chi connectivity index (χ2v) is 4.84. The molecule has 0 fully saturated rings. The fourth-order valence-corrected chi connectivity index (χ4v) is 2.53. The van der Waals surface area contributed by atoms with Crippen LogP contribution in [0.25, 0.3) is 0 Å². The largest absolute Gasteiger partial charge is 0.493 e. The lowest BCUT2D eigenvalue weighted by atomic mass is 10.2. The topological polar surface area (TPSA) is 18.5 Å². The summed E-state index contributed by atoms with van der Waals surface area (Å²) in [7, 11) is 3.30. The molecule has 0 aliphatic carbocycles. The molecule has 0 aromatic heterocycles. The third kappa shape index (κ3) is 3.20. The maximum atomic E-state index is 5.29. The van der Waals surface area contributed by atoms with E-state index in [-0.39, 0.29) is 0 Å². The molecule has 2 aromatic rings. The van der Waals surface area contributed by atoms with Gasteiger partial charge in [-0.2, -0.15) is 0 Å². The van der Waals surface area contributed by atoms with E-state index in [1.807, 2.05) is 18.2 Å². The average Bonchev–Trinajstić information content (AvgIpc) is 2.45. The molecule has 0 radical (unpaired) electrons. The van der Waals surface area contributed by atoms with Crippen LogP contribution in [0.1, 0.15) is 5.56 Å². The van der Waals surface area contributed by atoms with Crippen LogP contribution >= 0.6 is 11.8 Å². The Morgan fingerprint density at radius 3 is 2.28 bits per heavy atom. The average molecular weight is 260 g/mol. The van der Waals surface area contributed by atoms with Gasteiger partial charge in [0, 0.05) is 10.6 Å². The Bertz CT molecular complexity index is 497. The second kappa shape index (κ2) is 6.36. The summed E-state index contributed by atoms with van der Waals surface area (Å²) < 4.78 is 10.5. The van der Waals surface area contributed by atoms with Crippen LogP contribution in [0.5, 0.6) is 11.5 Å². The predicted octanol–water partition coefficient (Wildman–Crippen LogP) is 4.00. The van der Waals surface area contributed by atoms with Gasteiger partial charge in [0.05, 0.1) is 14.2 Å². The second-order valence-electron chi connectivity index (χ2n) is 3.79. The first-order chi connectivity index (χ1) is 8.83. The van der Waals surface area contributed by atoms with Gasteiger partial charge in [0.15, 0.2) is 11.5 Å². The van der Waals surface area contributed by atoms with Gasteiger partial charge in [-0.25, -0.2) is 0 Å². The van der Waals surface area contributed by atoms with Gasteiger partial charge < -0.3 is 9.47 Å². The van der Waals surface area contributed by atoms with E-state index in [0.717, 1.165) is 17.3 Å². The Kier molecular flexibility index (Phi) is 4.53. The van der Waals surface area contributed by atoms with E-state index in [1.54, 1.807) is 26.0 Å². The molecular formula is C15H16O2S. The minimum absolute atomic E-state index is 0.765. The highest BCUT2D eigenvalue weighted by Crippen LogP contribution is 2.32. The quantitative estimate of drug-likeness (QED) is 0.757. The van der Waals surface area contributed by atoms with Crippen LogP contribution in [0.4, 0.5) is 0 Å². The molecule has 0 saturated carbocycles. The zero-order valence-electron chi connectivity index (χ0n) is 10.6. The van der Waals surface area contributed by atoms with Crippen LogP contribution in [-0.2, 0) is 5.75 Å². The SMILES string of the molecule is COc1ccc(SCc2ccccc2)cc1OC. The lowest BCUT2D eigenvalue weighted by Gasteiger charge is -2.09. The van der Waals surface area contributed by atoms with Crippen molar-refractivity contribution in [3.8, 4) is 11.5 Å². The lowest BCUT2D eigenvalue weighted by Crippen LogP contribution is -1.90. The summed E-state index contributed by atoms with van der Waals surface area (Å²) >= 11 is 1.79. The van der Waals surface area contributed by atoms with E-state index < -0.39 is 0 Å². The maximum Gasteiger partial charge on any atom is 0.161 e. The van der Waals surface area contributed by atoms with Crippen molar-refractivity contribution in [3.63, 3.8) is 0 Å². The van der Waals surface area contributed by atoms with Gasteiger partial charge in [-0.05, 0) is 23.8 Å². The molecular weight excluding hydrogens is 244 g/mol. The van der Waals surface area contributed by atoms with Crippen molar-refractivity contribution in [1.29, 1.82) is 0 Å². The van der Waals surface area contributed by atoms with Crippen molar-refractivity contribution in [3.05, 3.63) is 54.1 Å². The summed E-state index contributed by atoms with van der Waals surface area (Å²) in [4.78, 5) is 1.18. The third-order valence-electron chi connectivity index (χ3n) is 2.60. The van der Waals surface area contributed by atoms with E-state index in [1.165, 1.54) is 10.5 Å². The van der Waals surface area contributed by atoms with Crippen molar-refractivity contribution < 1.29 is 9.47 Å². The minimum atomic E-state index is 0.765. The monoisotopic (exact) mass is 260 g/mol. The zero-order chi connectivity index (χ0) is 12.8. The first-order valence-corrected chi connectivity index (χ1v) is 6.71. The van der Waals surface area contributed by atoms with E-state index in [9.17, 15) is 0 Å². The van der Waals surface area contributed by atoms with Crippen LogP contribution in [0, 0.1) is 0 Å². The molecule has 0 saturated heterocycles. The number of ether oxygens (including phenoxy) is 2. The van der Waals surface area contributed by atoms with Crippen LogP contribution in [-0.4, -0.2) is 14.2 Å². The summed E-state index contributed by atoms with van der Waals surface area (Å²) in [5.74, 6) is 2.49. The van der Waals surface area contributed by atoms with E-state index >= 15 is 0 Å². The van der Waals surface area contributed by atoms with Crippen LogP contribution in [0.3, 0.4) is 0 Å². The number of rotatable bonds is 5. The Balaban J connectivity index is 2.06. The summed E-state index contributed by atoms with van der Waals surface area (Å²) in [6.45, 7) is 0. The smallest absolute Gasteiger partial charge is 0.161 e. The van der Waals surface area contributed by atoms with Crippen molar-refractivity contribution in [2.24, 2.45) is 0 Å². The highest BCUT2D eigenvalue weighted by Gasteiger charge is 2.04. The number of thioether (sulfide) groups is 1. The number of hydrogen-bond acceptors (Lipinski definition) is 3. The van der Waals surface area contributed by atoms with Crippen molar-refractivity contribution in [2.45, 2.75) is 10.6 Å². The maximum absolute atomic E-state index is 5.29. The Morgan fingerprint density at radius 1 is 0.889 bits per heavy atom. The number of hydrogen-bond donors (Lipinski definition) is 0. The molecule has 3 heteroatoms. The van der Waals surface area contributed by atoms with Gasteiger partial charge in [-0.1, -0.05) is 30.3 Å². The molecule has 0 amide bonds. The molecule has 0 aliphatic heterocycles. The molecule has 0 N–H and O–H groups in total. The molecule has 18 heavy (non-hydrogen) atoms. The van der Waals surface area contributed by atoms with Crippen molar-refractivity contribution >= 4 is 11.8 Å². The molecule has 94 valence electrons. The summed E-state index contributed by atoms with van der Waals surface area (Å²) in [6, 6.07) is 16.4. The Labute approximate surface area is 112 Å². The molecule has 0 unspecified atom stereocenters. The molecule has 0 aliphatic rings. The molecule has 0 atom stereocenters. The summed E-state index contributed by atoms with van der Waals surface area (Å²) in [5.41, 5.74) is 1.32. The highest BCUT2D eigenvalue weighted by molar-refractivity contribution is 7.98. The van der Waals surface area contributed by atoms with Crippen molar-refractivity contribution in [1.82, 2.24) is 0 Å². The van der Waals surface area contributed by atoms with Gasteiger partial charge in [0.1, 0.15) is 0 Å². The van der Waals surface area contributed by atoms with Gasteiger partial charge in [-0.15, -0.1) is 11.8 Å². The molecule has 2 nitrogen and oxygen atoms in total. The fourth-order valence-electron chi connectivity index (χ4n) is 1.65. The van der Waals surface area contributed by atoms with Gasteiger partial charge in [0.25, 0.3) is 0 Å². The van der Waals surface area contributed by atoms with Gasteiger partial charge in [0.2, 0.25) is 0 Å². The first-order valence-electron chi connectivity index (χ1n) is 5.72. The lowest BCUT2D eigenvalue weighted by molar-refractivity contribution is 0.354. The molecule has 0 heterocycles. The Morgan fingerprint density at radius 2 is 1.61 bits per heavy atom. The van der Waals surface area contributed by atoms with E-state index in [2.05, 4.69) is 30.3 Å². The summed E-state index contributed by atoms with van der Waals surface area (Å²) in [5, 5.41) is 0. The van der Waals surface area contributed by atoms with E-state index in [4.69, 9.17) is 9.47 Å². The normalized spacial score (nSPS) is 10.1. The van der Waals surface area contributed by atoms with Crippen LogP contribution in [0.15, 0.2) is 53.4 Å². The Hall–Kier alpha value is -1.61. The standard InChI is InChI=1S/C15H16O2S/c1-16-14-9-8-13(10-15(14)17-2)18-11-12-6-4-3-5-7-12/h3-10H,11H2,1-2H3. The molecule has 0 spiro atoms. The zero-order valence-corrected chi connectivity index (χ0v) is 11.4. The fraction of sp³-hybridized carbons (Fsp3) is 0.200. The number of methoxy groups -OCH3 is 2. The van der Waals surface area contributed by atoms with Gasteiger partial charge in [-0.3, -0.25) is 0 Å². The number of benzene rings is 2. The van der Waals surface area contributed by atoms with Crippen LogP contribution in [0.2, 0.25) is 0 Å².